The summed E-state index contributed by atoms with van der Waals surface area (Å²) in [6, 6.07) is 13.9. The zero-order valence-corrected chi connectivity index (χ0v) is 23.1. The Morgan fingerprint density at radius 1 is 0.927 bits per heavy atom. The van der Waals surface area contributed by atoms with Gasteiger partial charge >= 0.3 is 6.36 Å². The highest BCUT2D eigenvalue weighted by molar-refractivity contribution is 5.94. The molecular weight excluding hydrogens is 533 g/mol. The summed E-state index contributed by atoms with van der Waals surface area (Å²) < 4.78 is 42.2. The van der Waals surface area contributed by atoms with E-state index < -0.39 is 6.36 Å². The predicted molar refractivity (Wildman–Crippen MR) is 147 cm³/mol. The Kier molecular flexibility index (Phi) is 9.22. The lowest BCUT2D eigenvalue weighted by Crippen LogP contribution is -2.54. The van der Waals surface area contributed by atoms with Crippen molar-refractivity contribution in [1.29, 1.82) is 0 Å². The van der Waals surface area contributed by atoms with E-state index in [0.717, 1.165) is 24.0 Å². The quantitative estimate of drug-likeness (QED) is 0.297. The number of benzene rings is 2. The van der Waals surface area contributed by atoms with Gasteiger partial charge in [-0.25, -0.2) is 0 Å². The molecule has 1 heterocycles. The van der Waals surface area contributed by atoms with Gasteiger partial charge in [0, 0.05) is 24.2 Å². The molecule has 0 atom stereocenters. The van der Waals surface area contributed by atoms with Gasteiger partial charge in [-0.15, -0.1) is 23.4 Å². The summed E-state index contributed by atoms with van der Waals surface area (Å²) in [6.07, 6.45) is 7.36. The van der Waals surface area contributed by atoms with Gasteiger partial charge in [0.15, 0.2) is 5.82 Å². The van der Waals surface area contributed by atoms with Crippen LogP contribution >= 0.6 is 0 Å². The molecule has 0 saturated heterocycles. The van der Waals surface area contributed by atoms with Gasteiger partial charge in [0.05, 0.1) is 6.54 Å². The number of nitrogens with one attached hydrogen (secondary N) is 2. The van der Waals surface area contributed by atoms with Gasteiger partial charge in [0.2, 0.25) is 0 Å². The number of nitrogens with zero attached hydrogens (tertiary/aromatic N) is 4. The third kappa shape index (κ3) is 7.63. The van der Waals surface area contributed by atoms with Crippen LogP contribution in [-0.2, 0) is 19.6 Å². The zero-order chi connectivity index (χ0) is 28.7. The first kappa shape index (κ1) is 29.0. The number of aromatic nitrogens is 4. The van der Waals surface area contributed by atoms with Crippen molar-refractivity contribution < 1.29 is 22.7 Å². The lowest BCUT2D eigenvalue weighted by Gasteiger charge is -2.53. The smallest absolute Gasteiger partial charge is 0.406 e. The number of rotatable bonds is 10. The van der Waals surface area contributed by atoms with Gasteiger partial charge < -0.3 is 10.1 Å². The van der Waals surface area contributed by atoms with Crippen molar-refractivity contribution in [2.45, 2.75) is 95.7 Å². The van der Waals surface area contributed by atoms with Gasteiger partial charge in [-0.1, -0.05) is 68.0 Å². The first-order valence-electron chi connectivity index (χ1n) is 14.5. The minimum atomic E-state index is -4.71. The second-order valence-corrected chi connectivity index (χ2v) is 11.3. The number of tetrazole rings is 1. The third-order valence-electron chi connectivity index (χ3n) is 8.63. The molecule has 1 amide bonds. The topological polar surface area (TPSA) is 96.0 Å². The van der Waals surface area contributed by atoms with E-state index in [0.29, 0.717) is 30.4 Å². The number of carbonyl (C=O) groups excluding carboxylic acids is 1. The van der Waals surface area contributed by atoms with Crippen molar-refractivity contribution in [3.8, 4) is 5.75 Å². The van der Waals surface area contributed by atoms with Crippen LogP contribution in [0.25, 0.3) is 0 Å². The summed E-state index contributed by atoms with van der Waals surface area (Å²) in [5.74, 6) is 0.578. The summed E-state index contributed by atoms with van der Waals surface area (Å²) in [7, 11) is 0. The van der Waals surface area contributed by atoms with Gasteiger partial charge in [0.25, 0.3) is 5.91 Å². The summed E-state index contributed by atoms with van der Waals surface area (Å²) in [4.78, 5) is 15.2. The molecule has 0 unspecified atom stereocenters. The van der Waals surface area contributed by atoms with Crippen molar-refractivity contribution in [1.82, 2.24) is 30.8 Å². The van der Waals surface area contributed by atoms with Crippen molar-refractivity contribution in [3.05, 3.63) is 71.0 Å². The molecule has 8 nitrogen and oxygen atoms in total. The summed E-state index contributed by atoms with van der Waals surface area (Å²) in [6.45, 7) is 1.51. The molecule has 0 aliphatic heterocycles. The minimum absolute atomic E-state index is 0.0421. The van der Waals surface area contributed by atoms with E-state index in [-0.39, 0.29) is 23.7 Å². The monoisotopic (exact) mass is 570 g/mol. The zero-order valence-electron chi connectivity index (χ0n) is 23.1. The molecule has 0 spiro atoms. The van der Waals surface area contributed by atoms with E-state index >= 15 is 0 Å². The number of hydrogen-bond acceptors (Lipinski definition) is 6. The van der Waals surface area contributed by atoms with E-state index in [4.69, 9.17) is 0 Å². The van der Waals surface area contributed by atoms with Crippen LogP contribution in [0.1, 0.15) is 91.5 Å². The molecule has 2 aliphatic rings. The summed E-state index contributed by atoms with van der Waals surface area (Å²) in [5, 5.41) is 16.4. The average molecular weight is 571 g/mol. The lowest BCUT2D eigenvalue weighted by atomic mass is 9.66. The number of carbonyl (C=O) groups is 1. The van der Waals surface area contributed by atoms with Crippen LogP contribution in [0.2, 0.25) is 0 Å². The Bertz CT molecular complexity index is 1240. The van der Waals surface area contributed by atoms with E-state index in [1.54, 1.807) is 12.1 Å². The molecule has 220 valence electrons. The molecule has 2 N–H and O–H groups in total. The molecule has 5 rings (SSSR count). The van der Waals surface area contributed by atoms with E-state index in [9.17, 15) is 18.0 Å². The Balaban J connectivity index is 1.36. The van der Waals surface area contributed by atoms with Crippen LogP contribution < -0.4 is 10.1 Å². The Hall–Kier alpha value is -3.47. The van der Waals surface area contributed by atoms with Gasteiger partial charge in [-0.3, -0.25) is 9.69 Å². The maximum Gasteiger partial charge on any atom is 0.573 e. The molecule has 2 fully saturated rings. The Morgan fingerprint density at radius 3 is 2.12 bits per heavy atom. The van der Waals surface area contributed by atoms with Crippen molar-refractivity contribution in [2.75, 3.05) is 0 Å². The maximum absolute atomic E-state index is 12.7. The predicted octanol–water partition coefficient (Wildman–Crippen LogP) is 6.31. The number of amides is 1. The number of alkyl halides is 3. The molecule has 3 aromatic rings. The van der Waals surface area contributed by atoms with Crippen LogP contribution in [0.3, 0.4) is 0 Å². The largest absolute Gasteiger partial charge is 0.573 e. The molecule has 0 radical (unpaired) electrons. The average Bonchev–Trinajstić information content (AvgIpc) is 3.51. The Morgan fingerprint density at radius 2 is 1.54 bits per heavy atom. The second-order valence-electron chi connectivity index (χ2n) is 11.3. The molecule has 0 bridgehead atoms. The fourth-order valence-corrected chi connectivity index (χ4v) is 6.68. The van der Waals surface area contributed by atoms with Crippen LogP contribution in [0, 0.1) is 5.92 Å². The Labute approximate surface area is 238 Å². The van der Waals surface area contributed by atoms with Crippen molar-refractivity contribution >= 4 is 5.91 Å². The maximum atomic E-state index is 12.7. The summed E-state index contributed by atoms with van der Waals surface area (Å²) >= 11 is 0. The summed E-state index contributed by atoms with van der Waals surface area (Å²) in [5.41, 5.74) is 2.64. The third-order valence-corrected chi connectivity index (χ3v) is 8.63. The van der Waals surface area contributed by atoms with Gasteiger partial charge in [0.1, 0.15) is 5.75 Å². The highest BCUT2D eigenvalue weighted by atomic mass is 19.4. The first-order valence-corrected chi connectivity index (χ1v) is 14.5. The number of H-pyrrole nitrogens is 1. The van der Waals surface area contributed by atoms with Crippen LogP contribution in [-0.4, -0.2) is 43.3 Å². The molecule has 41 heavy (non-hydrogen) atoms. The van der Waals surface area contributed by atoms with Gasteiger partial charge in [-0.05, 0) is 67.0 Å². The molecule has 2 aliphatic carbocycles. The van der Waals surface area contributed by atoms with E-state index in [2.05, 4.69) is 35.6 Å². The van der Waals surface area contributed by atoms with Crippen LogP contribution in [0.5, 0.6) is 5.75 Å². The molecule has 11 heteroatoms. The SMILES string of the molecule is O=C(NCc1nn[nH]n1)c1ccc(CN(Cc2ccc(OC(F)(F)F)cc2)C2(C3CCCCC3)CCCCC2)cc1. The molecule has 1 aromatic heterocycles. The lowest BCUT2D eigenvalue weighted by molar-refractivity contribution is -0.274. The minimum Gasteiger partial charge on any atom is -0.406 e. The first-order chi connectivity index (χ1) is 19.8. The van der Waals surface area contributed by atoms with E-state index in [1.807, 2.05) is 24.3 Å². The molecule has 2 aromatic carbocycles. The van der Waals surface area contributed by atoms with Crippen LogP contribution in [0.15, 0.2) is 48.5 Å². The highest BCUT2D eigenvalue weighted by Gasteiger charge is 2.44. The molecular formula is C30H37F3N6O2. The second kappa shape index (κ2) is 13.0. The molecule has 2 saturated carbocycles. The number of hydrogen-bond donors (Lipinski definition) is 2. The number of aromatic amines is 1. The fourth-order valence-electron chi connectivity index (χ4n) is 6.68. The standard InChI is InChI=1S/C30H37F3N6O2/c31-30(32,33)41-26-15-11-23(12-16-26)21-39(29(17-5-2-6-18-29)25-7-3-1-4-8-25)20-22-9-13-24(14-10-22)28(40)34-19-27-35-37-38-36-27/h9-16,25H,1-8,17-21H2,(H,34,40)(H,35,36,37,38). The fraction of sp³-hybridized carbons (Fsp3) is 0.533. The van der Waals surface area contributed by atoms with Crippen LogP contribution in [0.4, 0.5) is 13.2 Å². The van der Waals surface area contributed by atoms with Crippen molar-refractivity contribution in [3.63, 3.8) is 0 Å². The van der Waals surface area contributed by atoms with E-state index in [1.165, 1.54) is 63.5 Å². The number of halogens is 3. The normalized spacial score (nSPS) is 17.9. The number of ether oxygens (including phenoxy) is 1. The van der Waals surface area contributed by atoms with Gasteiger partial charge in [-0.2, -0.15) is 5.21 Å². The highest BCUT2D eigenvalue weighted by Crippen LogP contribution is 2.47. The van der Waals surface area contributed by atoms with Crippen molar-refractivity contribution in [2.24, 2.45) is 5.92 Å².